The summed E-state index contributed by atoms with van der Waals surface area (Å²) in [7, 11) is 1.50. The number of rotatable bonds is 6. The fourth-order valence-corrected chi connectivity index (χ4v) is 3.36. The maximum absolute atomic E-state index is 12.3. The summed E-state index contributed by atoms with van der Waals surface area (Å²) in [5.74, 6) is -1.45. The van der Waals surface area contributed by atoms with Gasteiger partial charge in [0, 0.05) is 12.5 Å². The Bertz CT molecular complexity index is 774. The number of aliphatic carboxylic acids is 1. The van der Waals surface area contributed by atoms with Gasteiger partial charge >= 0.3 is 11.9 Å². The first-order valence-electron chi connectivity index (χ1n) is 7.09. The third-order valence-electron chi connectivity index (χ3n) is 3.20. The van der Waals surface area contributed by atoms with Crippen molar-refractivity contribution in [1.29, 1.82) is 0 Å². The van der Waals surface area contributed by atoms with Crippen LogP contribution in [0.25, 0.3) is 6.08 Å². The highest BCUT2D eigenvalue weighted by atomic mass is 32.2. The zero-order chi connectivity index (χ0) is 18.6. The van der Waals surface area contributed by atoms with E-state index < -0.39 is 24.4 Å². The largest absolute Gasteiger partial charge is 0.496 e. The Kier molecular flexibility index (Phi) is 6.16. The van der Waals surface area contributed by atoms with Gasteiger partial charge in [0.05, 0.1) is 12.0 Å². The van der Waals surface area contributed by atoms with E-state index in [1.807, 2.05) is 0 Å². The van der Waals surface area contributed by atoms with E-state index in [0.29, 0.717) is 21.8 Å². The lowest BCUT2D eigenvalue weighted by Crippen LogP contribution is -2.33. The molecule has 1 aromatic carbocycles. The molecule has 0 saturated carbocycles. The van der Waals surface area contributed by atoms with Crippen LogP contribution >= 0.6 is 24.0 Å². The molecule has 0 aromatic heterocycles. The third kappa shape index (κ3) is 4.80. The van der Waals surface area contributed by atoms with Gasteiger partial charge in [-0.2, -0.15) is 0 Å². The smallest absolute Gasteiger partial charge is 0.323 e. The molecule has 0 unspecified atom stereocenters. The van der Waals surface area contributed by atoms with Gasteiger partial charge in [0.15, 0.2) is 0 Å². The van der Waals surface area contributed by atoms with Gasteiger partial charge in [-0.3, -0.25) is 19.3 Å². The highest BCUT2D eigenvalue weighted by molar-refractivity contribution is 8.26. The van der Waals surface area contributed by atoms with Crippen LogP contribution in [0.5, 0.6) is 5.75 Å². The number of benzene rings is 1. The Morgan fingerprint density at radius 1 is 1.40 bits per heavy atom. The number of thioether (sulfide) groups is 1. The van der Waals surface area contributed by atoms with Gasteiger partial charge in [0.25, 0.3) is 5.91 Å². The van der Waals surface area contributed by atoms with Crippen molar-refractivity contribution in [1.82, 2.24) is 4.90 Å². The standard InChI is InChI=1S/C16H15NO6S2/c1-9(18)23-8-11-5-10(3-4-12(11)22-2)6-13-15(21)17(7-14(19)20)16(24)25-13/h3-6H,7-8H2,1-2H3,(H,19,20)/b13-6-. The maximum Gasteiger partial charge on any atom is 0.323 e. The number of carbonyl (C=O) groups is 3. The van der Waals surface area contributed by atoms with E-state index in [9.17, 15) is 14.4 Å². The Hall–Kier alpha value is -2.39. The van der Waals surface area contributed by atoms with E-state index in [0.717, 1.165) is 16.7 Å². The number of carboxylic acid groups (broad SMARTS) is 1. The predicted molar refractivity (Wildman–Crippen MR) is 96.0 cm³/mol. The van der Waals surface area contributed by atoms with Crippen LogP contribution in [0, 0.1) is 0 Å². The molecule has 0 atom stereocenters. The quantitative estimate of drug-likeness (QED) is 0.455. The minimum Gasteiger partial charge on any atom is -0.496 e. The second-order valence-electron chi connectivity index (χ2n) is 5.01. The molecule has 25 heavy (non-hydrogen) atoms. The second kappa shape index (κ2) is 8.13. The van der Waals surface area contributed by atoms with E-state index in [1.54, 1.807) is 24.3 Å². The predicted octanol–water partition coefficient (Wildman–Crippen LogP) is 2.04. The van der Waals surface area contributed by atoms with Crippen molar-refractivity contribution in [2.45, 2.75) is 13.5 Å². The first kappa shape index (κ1) is 18.9. The third-order valence-corrected chi connectivity index (χ3v) is 4.58. The number of esters is 1. The number of ether oxygens (including phenoxy) is 2. The molecule has 0 aliphatic carbocycles. The summed E-state index contributed by atoms with van der Waals surface area (Å²) < 4.78 is 10.4. The Morgan fingerprint density at radius 3 is 2.72 bits per heavy atom. The van der Waals surface area contributed by atoms with Crippen LogP contribution in [-0.4, -0.2) is 45.8 Å². The molecule has 1 aliphatic rings. The van der Waals surface area contributed by atoms with E-state index in [1.165, 1.54) is 14.0 Å². The molecule has 0 radical (unpaired) electrons. The molecule has 9 heteroatoms. The highest BCUT2D eigenvalue weighted by Crippen LogP contribution is 2.33. The molecule has 0 bridgehead atoms. The highest BCUT2D eigenvalue weighted by Gasteiger charge is 2.33. The summed E-state index contributed by atoms with van der Waals surface area (Å²) in [6, 6.07) is 5.16. The fraction of sp³-hybridized carbons (Fsp3) is 0.250. The van der Waals surface area contributed by atoms with E-state index >= 15 is 0 Å². The topological polar surface area (TPSA) is 93.1 Å². The molecule has 1 aromatic rings. The molecule has 1 N–H and O–H groups in total. The van der Waals surface area contributed by atoms with Gasteiger partial charge in [-0.1, -0.05) is 30.0 Å². The van der Waals surface area contributed by atoms with Crippen LogP contribution in [0.4, 0.5) is 0 Å². The van der Waals surface area contributed by atoms with Crippen molar-refractivity contribution >= 4 is 52.2 Å². The summed E-state index contributed by atoms with van der Waals surface area (Å²) in [5, 5.41) is 8.85. The summed E-state index contributed by atoms with van der Waals surface area (Å²) in [6.07, 6.45) is 1.61. The number of amides is 1. The summed E-state index contributed by atoms with van der Waals surface area (Å²) in [4.78, 5) is 35.4. The first-order valence-corrected chi connectivity index (χ1v) is 8.31. The Balaban J connectivity index is 2.27. The van der Waals surface area contributed by atoms with Crippen LogP contribution in [0.1, 0.15) is 18.1 Å². The molecular formula is C16H15NO6S2. The molecule has 132 valence electrons. The summed E-state index contributed by atoms with van der Waals surface area (Å²) in [6.45, 7) is 0.882. The van der Waals surface area contributed by atoms with Gasteiger partial charge < -0.3 is 14.6 Å². The molecule has 0 spiro atoms. The van der Waals surface area contributed by atoms with Gasteiger partial charge in [-0.15, -0.1) is 0 Å². The number of nitrogens with zero attached hydrogens (tertiary/aromatic N) is 1. The van der Waals surface area contributed by atoms with Crippen LogP contribution in [0.2, 0.25) is 0 Å². The number of carbonyl (C=O) groups excluding carboxylic acids is 2. The minimum absolute atomic E-state index is 0.0418. The molecule has 2 rings (SSSR count). The molecule has 1 heterocycles. The second-order valence-corrected chi connectivity index (χ2v) is 6.69. The zero-order valence-corrected chi connectivity index (χ0v) is 15.1. The number of hydrogen-bond donors (Lipinski definition) is 1. The van der Waals surface area contributed by atoms with Crippen LogP contribution in [0.15, 0.2) is 23.1 Å². The lowest BCUT2D eigenvalue weighted by Gasteiger charge is -2.10. The Labute approximate surface area is 153 Å². The van der Waals surface area contributed by atoms with E-state index in [2.05, 4.69) is 0 Å². The van der Waals surface area contributed by atoms with E-state index in [-0.39, 0.29) is 10.9 Å². The fourth-order valence-electron chi connectivity index (χ4n) is 2.10. The number of methoxy groups -OCH3 is 1. The minimum atomic E-state index is -1.13. The first-order chi connectivity index (χ1) is 11.8. The molecular weight excluding hydrogens is 366 g/mol. The molecule has 1 amide bonds. The molecule has 1 aliphatic heterocycles. The average Bonchev–Trinajstić information content (AvgIpc) is 2.80. The average molecular weight is 381 g/mol. The van der Waals surface area contributed by atoms with Gasteiger partial charge in [0.2, 0.25) is 0 Å². The van der Waals surface area contributed by atoms with Gasteiger partial charge in [-0.05, 0) is 23.8 Å². The van der Waals surface area contributed by atoms with Crippen LogP contribution < -0.4 is 4.74 Å². The monoisotopic (exact) mass is 381 g/mol. The van der Waals surface area contributed by atoms with Crippen molar-refractivity contribution in [3.8, 4) is 5.75 Å². The lowest BCUT2D eigenvalue weighted by atomic mass is 10.1. The van der Waals surface area contributed by atoms with Crippen molar-refractivity contribution in [3.05, 3.63) is 34.2 Å². The van der Waals surface area contributed by atoms with Crippen molar-refractivity contribution < 1.29 is 29.0 Å². The van der Waals surface area contributed by atoms with Gasteiger partial charge in [0.1, 0.15) is 23.2 Å². The van der Waals surface area contributed by atoms with Crippen LogP contribution in [0.3, 0.4) is 0 Å². The maximum atomic E-state index is 12.3. The number of hydrogen-bond acceptors (Lipinski definition) is 7. The lowest BCUT2D eigenvalue weighted by molar-refractivity contribution is -0.142. The molecule has 1 fully saturated rings. The number of carboxylic acids is 1. The van der Waals surface area contributed by atoms with Crippen LogP contribution in [-0.2, 0) is 25.7 Å². The normalized spacial score (nSPS) is 15.6. The van der Waals surface area contributed by atoms with Crippen molar-refractivity contribution in [2.24, 2.45) is 0 Å². The summed E-state index contributed by atoms with van der Waals surface area (Å²) >= 11 is 6.09. The zero-order valence-electron chi connectivity index (χ0n) is 13.5. The number of thiocarbonyl (C=S) groups is 1. The SMILES string of the molecule is COc1ccc(/C=C2\SC(=S)N(CC(=O)O)C2=O)cc1COC(C)=O. The van der Waals surface area contributed by atoms with Crippen molar-refractivity contribution in [3.63, 3.8) is 0 Å². The Morgan fingerprint density at radius 2 is 2.12 bits per heavy atom. The van der Waals surface area contributed by atoms with E-state index in [4.69, 9.17) is 26.8 Å². The van der Waals surface area contributed by atoms with Crippen molar-refractivity contribution in [2.75, 3.05) is 13.7 Å². The summed E-state index contributed by atoms with van der Waals surface area (Å²) in [5.41, 5.74) is 1.33. The van der Waals surface area contributed by atoms with Gasteiger partial charge in [-0.25, -0.2) is 0 Å². The molecule has 7 nitrogen and oxygen atoms in total. The molecule has 1 saturated heterocycles.